The number of thiophene rings is 1. The van der Waals surface area contributed by atoms with E-state index in [9.17, 15) is 19.2 Å². The standard InChI is InChI=1S/C19H17Cl2N3O5S/c1-3-29-16(26)11-6-7-30-15(11)22-14(25)9-24-17(27)19(2,23-18(24)28)12-5-4-10(20)8-13(12)21/h4-8H,3,9H2,1-2H3,(H,22,25)(H,23,28). The maximum Gasteiger partial charge on any atom is 0.341 e. The number of imide groups is 1. The average molecular weight is 470 g/mol. The first-order valence-corrected chi connectivity index (χ1v) is 10.4. The lowest BCUT2D eigenvalue weighted by atomic mass is 9.92. The quantitative estimate of drug-likeness (QED) is 0.496. The fraction of sp³-hybridized carbons (Fsp3) is 0.263. The molecule has 2 heterocycles. The smallest absolute Gasteiger partial charge is 0.341 e. The zero-order chi connectivity index (χ0) is 22.1. The maximum absolute atomic E-state index is 13.0. The molecule has 0 saturated carbocycles. The Labute approximate surface area is 186 Å². The lowest BCUT2D eigenvalue weighted by Gasteiger charge is -2.23. The summed E-state index contributed by atoms with van der Waals surface area (Å²) in [7, 11) is 0. The van der Waals surface area contributed by atoms with Gasteiger partial charge < -0.3 is 15.4 Å². The summed E-state index contributed by atoms with van der Waals surface area (Å²) >= 11 is 13.2. The summed E-state index contributed by atoms with van der Waals surface area (Å²) in [4.78, 5) is 50.6. The SMILES string of the molecule is CCOC(=O)c1ccsc1NC(=O)CN1C(=O)NC(C)(c2ccc(Cl)cc2Cl)C1=O. The number of nitrogens with zero attached hydrogens (tertiary/aromatic N) is 1. The van der Waals surface area contributed by atoms with Crippen molar-refractivity contribution in [1.82, 2.24) is 10.2 Å². The van der Waals surface area contributed by atoms with Gasteiger partial charge in [-0.15, -0.1) is 11.3 Å². The molecule has 8 nitrogen and oxygen atoms in total. The van der Waals surface area contributed by atoms with Crippen molar-refractivity contribution in [3.05, 3.63) is 50.8 Å². The van der Waals surface area contributed by atoms with Crippen molar-refractivity contribution in [1.29, 1.82) is 0 Å². The van der Waals surface area contributed by atoms with Gasteiger partial charge in [-0.05, 0) is 37.4 Å². The molecule has 0 aliphatic carbocycles. The van der Waals surface area contributed by atoms with Crippen LogP contribution in [-0.4, -0.2) is 41.9 Å². The number of hydrogen-bond acceptors (Lipinski definition) is 6. The van der Waals surface area contributed by atoms with Crippen LogP contribution in [0.25, 0.3) is 0 Å². The van der Waals surface area contributed by atoms with Gasteiger partial charge in [0.25, 0.3) is 5.91 Å². The van der Waals surface area contributed by atoms with Gasteiger partial charge in [0.2, 0.25) is 5.91 Å². The van der Waals surface area contributed by atoms with E-state index < -0.39 is 35.9 Å². The van der Waals surface area contributed by atoms with Crippen molar-refractivity contribution in [2.75, 3.05) is 18.5 Å². The van der Waals surface area contributed by atoms with Crippen LogP contribution in [0.2, 0.25) is 10.0 Å². The molecule has 1 atom stereocenters. The Morgan fingerprint density at radius 2 is 2.00 bits per heavy atom. The van der Waals surface area contributed by atoms with E-state index >= 15 is 0 Å². The van der Waals surface area contributed by atoms with Crippen LogP contribution in [0, 0.1) is 0 Å². The molecule has 1 aromatic heterocycles. The first-order chi connectivity index (χ1) is 14.2. The molecule has 0 bridgehead atoms. The highest BCUT2D eigenvalue weighted by Crippen LogP contribution is 2.35. The van der Waals surface area contributed by atoms with E-state index in [-0.39, 0.29) is 22.2 Å². The molecule has 1 aliphatic rings. The Bertz CT molecular complexity index is 1040. The number of amides is 4. The molecule has 2 aromatic rings. The van der Waals surface area contributed by atoms with Crippen molar-refractivity contribution in [3.8, 4) is 0 Å². The summed E-state index contributed by atoms with van der Waals surface area (Å²) < 4.78 is 4.94. The van der Waals surface area contributed by atoms with Crippen molar-refractivity contribution in [3.63, 3.8) is 0 Å². The largest absolute Gasteiger partial charge is 0.462 e. The van der Waals surface area contributed by atoms with Gasteiger partial charge in [0.1, 0.15) is 17.1 Å². The number of halogens is 2. The number of urea groups is 1. The lowest BCUT2D eigenvalue weighted by molar-refractivity contribution is -0.133. The van der Waals surface area contributed by atoms with Gasteiger partial charge in [-0.3, -0.25) is 14.5 Å². The number of hydrogen-bond donors (Lipinski definition) is 2. The molecule has 30 heavy (non-hydrogen) atoms. The highest BCUT2D eigenvalue weighted by Gasteiger charge is 2.50. The molecule has 2 N–H and O–H groups in total. The van der Waals surface area contributed by atoms with Crippen LogP contribution in [0.5, 0.6) is 0 Å². The minimum absolute atomic E-state index is 0.191. The number of carbonyl (C=O) groups excluding carboxylic acids is 4. The van der Waals surface area contributed by atoms with Gasteiger partial charge in [-0.2, -0.15) is 0 Å². The van der Waals surface area contributed by atoms with Crippen LogP contribution in [0.1, 0.15) is 29.8 Å². The van der Waals surface area contributed by atoms with E-state index in [2.05, 4.69) is 10.6 Å². The third-order valence-corrected chi connectivity index (χ3v) is 5.84. The molecule has 0 radical (unpaired) electrons. The summed E-state index contributed by atoms with van der Waals surface area (Å²) in [6, 6.07) is 5.35. The van der Waals surface area contributed by atoms with Crippen molar-refractivity contribution < 1.29 is 23.9 Å². The van der Waals surface area contributed by atoms with Crippen LogP contribution >= 0.6 is 34.5 Å². The molecule has 4 amide bonds. The van der Waals surface area contributed by atoms with E-state index in [1.54, 1.807) is 24.4 Å². The summed E-state index contributed by atoms with van der Waals surface area (Å²) in [5.41, 5.74) is -0.888. The molecule has 1 aliphatic heterocycles. The number of carbonyl (C=O) groups is 4. The molecule has 1 fully saturated rings. The number of anilines is 1. The fourth-order valence-electron chi connectivity index (χ4n) is 3.00. The fourth-order valence-corrected chi connectivity index (χ4v) is 4.39. The first-order valence-electron chi connectivity index (χ1n) is 8.81. The second-order valence-electron chi connectivity index (χ2n) is 6.50. The average Bonchev–Trinajstić information content (AvgIpc) is 3.20. The van der Waals surface area contributed by atoms with Gasteiger partial charge in [0.05, 0.1) is 12.2 Å². The molecular formula is C19H17Cl2N3O5S. The van der Waals surface area contributed by atoms with Gasteiger partial charge in [-0.1, -0.05) is 29.3 Å². The van der Waals surface area contributed by atoms with Gasteiger partial charge in [-0.25, -0.2) is 9.59 Å². The summed E-state index contributed by atoms with van der Waals surface area (Å²) in [6.45, 7) is 2.82. The van der Waals surface area contributed by atoms with Crippen LogP contribution in [0.4, 0.5) is 9.80 Å². The zero-order valence-electron chi connectivity index (χ0n) is 16.0. The Hall–Kier alpha value is -2.62. The third-order valence-electron chi connectivity index (χ3n) is 4.46. The van der Waals surface area contributed by atoms with Crippen LogP contribution in [0.15, 0.2) is 29.6 Å². The van der Waals surface area contributed by atoms with E-state index in [0.717, 1.165) is 16.2 Å². The lowest BCUT2D eigenvalue weighted by Crippen LogP contribution is -2.42. The second kappa shape index (κ2) is 8.63. The van der Waals surface area contributed by atoms with Crippen LogP contribution in [0.3, 0.4) is 0 Å². The van der Waals surface area contributed by atoms with Gasteiger partial charge in [0, 0.05) is 15.6 Å². The van der Waals surface area contributed by atoms with Gasteiger partial charge >= 0.3 is 12.0 Å². The predicted octanol–water partition coefficient (Wildman–Crippen LogP) is 3.64. The molecule has 1 saturated heterocycles. The molecule has 0 spiro atoms. The summed E-state index contributed by atoms with van der Waals surface area (Å²) in [5.74, 6) is -1.85. The van der Waals surface area contributed by atoms with E-state index in [0.29, 0.717) is 10.6 Å². The minimum Gasteiger partial charge on any atom is -0.462 e. The van der Waals surface area contributed by atoms with E-state index in [1.807, 2.05) is 0 Å². The monoisotopic (exact) mass is 469 g/mol. The van der Waals surface area contributed by atoms with Crippen LogP contribution in [-0.2, 0) is 19.9 Å². The van der Waals surface area contributed by atoms with Crippen molar-refractivity contribution >= 4 is 63.4 Å². The number of benzene rings is 1. The molecule has 3 rings (SSSR count). The Morgan fingerprint density at radius 3 is 2.67 bits per heavy atom. The molecule has 1 aromatic carbocycles. The normalized spacial score (nSPS) is 18.3. The minimum atomic E-state index is -1.45. The molecular weight excluding hydrogens is 453 g/mol. The predicted molar refractivity (Wildman–Crippen MR) is 113 cm³/mol. The maximum atomic E-state index is 13.0. The van der Waals surface area contributed by atoms with Crippen LogP contribution < -0.4 is 10.6 Å². The molecule has 11 heteroatoms. The number of esters is 1. The second-order valence-corrected chi connectivity index (χ2v) is 8.26. The van der Waals surface area contributed by atoms with Crippen molar-refractivity contribution in [2.45, 2.75) is 19.4 Å². The van der Waals surface area contributed by atoms with E-state index in [1.165, 1.54) is 19.1 Å². The Kier molecular flexibility index (Phi) is 6.35. The number of nitrogens with one attached hydrogen (secondary N) is 2. The highest BCUT2D eigenvalue weighted by molar-refractivity contribution is 7.14. The topological polar surface area (TPSA) is 105 Å². The van der Waals surface area contributed by atoms with E-state index in [4.69, 9.17) is 27.9 Å². The molecule has 158 valence electrons. The number of ether oxygens (including phenoxy) is 1. The third kappa shape index (κ3) is 4.14. The zero-order valence-corrected chi connectivity index (χ0v) is 18.3. The molecule has 1 unspecified atom stereocenters. The highest BCUT2D eigenvalue weighted by atomic mass is 35.5. The van der Waals surface area contributed by atoms with Gasteiger partial charge in [0.15, 0.2) is 0 Å². The summed E-state index contributed by atoms with van der Waals surface area (Å²) in [5, 5.41) is 7.61. The summed E-state index contributed by atoms with van der Waals surface area (Å²) in [6.07, 6.45) is 0. The Morgan fingerprint density at radius 1 is 1.27 bits per heavy atom. The Balaban J connectivity index is 1.76. The van der Waals surface area contributed by atoms with Crippen molar-refractivity contribution in [2.24, 2.45) is 0 Å². The number of rotatable bonds is 6. The first kappa shape index (κ1) is 22.1.